The Morgan fingerprint density at radius 1 is 1.00 bits per heavy atom. The summed E-state index contributed by atoms with van der Waals surface area (Å²) in [6.07, 6.45) is 1.51. The summed E-state index contributed by atoms with van der Waals surface area (Å²) in [6.45, 7) is 2.09. The molecule has 2 N–H and O–H groups in total. The lowest BCUT2D eigenvalue weighted by Gasteiger charge is -2.14. The molecule has 7 heteroatoms. The summed E-state index contributed by atoms with van der Waals surface area (Å²) in [5, 5.41) is 15.8. The number of fused-ring (bicyclic) bond motifs is 1. The molecular weight excluding hydrogens is 394 g/mol. The van der Waals surface area contributed by atoms with Gasteiger partial charge in [-0.05, 0) is 41.6 Å². The number of rotatable bonds is 5. The van der Waals surface area contributed by atoms with Gasteiger partial charge in [0, 0.05) is 10.9 Å². The number of hydrogen-bond acceptors (Lipinski definition) is 6. The van der Waals surface area contributed by atoms with Crippen molar-refractivity contribution in [3.05, 3.63) is 71.2 Å². The number of aromatic amines is 1. The van der Waals surface area contributed by atoms with Gasteiger partial charge in [0.1, 0.15) is 17.9 Å². The van der Waals surface area contributed by atoms with Crippen molar-refractivity contribution in [2.75, 3.05) is 12.4 Å². The molecule has 0 spiro atoms. The van der Waals surface area contributed by atoms with Crippen molar-refractivity contribution < 1.29 is 4.74 Å². The third-order valence-corrected chi connectivity index (χ3v) is 5.65. The topological polar surface area (TPSA) is 75.7 Å². The minimum absolute atomic E-state index is 0.613. The van der Waals surface area contributed by atoms with E-state index in [2.05, 4.69) is 74.2 Å². The molecule has 3 aromatic heterocycles. The van der Waals surface area contributed by atoms with Crippen molar-refractivity contribution in [2.24, 2.45) is 0 Å². The first-order valence-electron chi connectivity index (χ1n) is 9.46. The van der Waals surface area contributed by atoms with Crippen LogP contribution in [0.25, 0.3) is 33.4 Å². The summed E-state index contributed by atoms with van der Waals surface area (Å²) in [5.74, 6) is 1.41. The molecule has 0 saturated heterocycles. The molecule has 0 bridgehead atoms. The van der Waals surface area contributed by atoms with Crippen LogP contribution in [0.3, 0.4) is 0 Å². The maximum absolute atomic E-state index is 5.60. The monoisotopic (exact) mass is 413 g/mol. The summed E-state index contributed by atoms with van der Waals surface area (Å²) in [7, 11) is 1.66. The van der Waals surface area contributed by atoms with Gasteiger partial charge in [-0.2, -0.15) is 16.4 Å². The van der Waals surface area contributed by atoms with Gasteiger partial charge in [-0.3, -0.25) is 5.10 Å². The molecule has 0 unspecified atom stereocenters. The van der Waals surface area contributed by atoms with E-state index in [9.17, 15) is 0 Å². The SMILES string of the molecule is COc1ccc(-c2cccc(C)c2)cc1Nc1ncnc2n[nH]c(-c3ccsc3)c12. The normalized spacial score (nSPS) is 11.0. The minimum Gasteiger partial charge on any atom is -0.495 e. The number of benzene rings is 2. The van der Waals surface area contributed by atoms with E-state index >= 15 is 0 Å². The fourth-order valence-corrected chi connectivity index (χ4v) is 4.15. The van der Waals surface area contributed by atoms with E-state index in [0.29, 0.717) is 11.5 Å². The fourth-order valence-electron chi connectivity index (χ4n) is 3.50. The van der Waals surface area contributed by atoms with Crippen molar-refractivity contribution in [1.29, 1.82) is 0 Å². The number of hydrogen-bond donors (Lipinski definition) is 2. The van der Waals surface area contributed by atoms with E-state index in [1.54, 1.807) is 18.4 Å². The summed E-state index contributed by atoms with van der Waals surface area (Å²) in [6, 6.07) is 16.6. The van der Waals surface area contributed by atoms with Gasteiger partial charge in [0.15, 0.2) is 5.65 Å². The van der Waals surface area contributed by atoms with Crippen LogP contribution in [0.4, 0.5) is 11.5 Å². The van der Waals surface area contributed by atoms with Crippen LogP contribution in [-0.2, 0) is 0 Å². The third-order valence-electron chi connectivity index (χ3n) is 4.96. The minimum atomic E-state index is 0.613. The largest absolute Gasteiger partial charge is 0.495 e. The third kappa shape index (κ3) is 3.29. The van der Waals surface area contributed by atoms with Crippen LogP contribution >= 0.6 is 11.3 Å². The molecule has 5 aromatic rings. The molecule has 0 aliphatic carbocycles. The highest BCUT2D eigenvalue weighted by Crippen LogP contribution is 2.36. The average Bonchev–Trinajstić information content (AvgIpc) is 3.44. The fraction of sp³-hybridized carbons (Fsp3) is 0.0870. The molecule has 6 nitrogen and oxygen atoms in total. The van der Waals surface area contributed by atoms with Gasteiger partial charge in [0.05, 0.1) is 23.9 Å². The van der Waals surface area contributed by atoms with Crippen molar-refractivity contribution in [1.82, 2.24) is 20.2 Å². The quantitative estimate of drug-likeness (QED) is 0.380. The first-order chi connectivity index (χ1) is 14.7. The number of methoxy groups -OCH3 is 1. The van der Waals surface area contributed by atoms with Crippen molar-refractivity contribution in [2.45, 2.75) is 6.92 Å². The maximum Gasteiger partial charge on any atom is 0.186 e. The summed E-state index contributed by atoms with van der Waals surface area (Å²) < 4.78 is 5.60. The number of ether oxygens (including phenoxy) is 1. The van der Waals surface area contributed by atoms with Crippen LogP contribution in [0.5, 0.6) is 5.75 Å². The second-order valence-electron chi connectivity index (χ2n) is 6.94. The molecule has 0 aliphatic rings. The lowest BCUT2D eigenvalue weighted by Crippen LogP contribution is -1.99. The maximum atomic E-state index is 5.60. The average molecular weight is 414 g/mol. The number of aryl methyl sites for hydroxylation is 1. The molecule has 30 heavy (non-hydrogen) atoms. The van der Waals surface area contributed by atoms with Gasteiger partial charge < -0.3 is 10.1 Å². The Labute approximate surface area is 177 Å². The van der Waals surface area contributed by atoms with Gasteiger partial charge in [0.2, 0.25) is 0 Å². The zero-order chi connectivity index (χ0) is 20.5. The lowest BCUT2D eigenvalue weighted by atomic mass is 10.0. The molecule has 5 rings (SSSR count). The van der Waals surface area contributed by atoms with E-state index in [0.717, 1.165) is 39.2 Å². The number of nitrogens with zero attached hydrogens (tertiary/aromatic N) is 3. The number of nitrogens with one attached hydrogen (secondary N) is 2. The first-order valence-corrected chi connectivity index (χ1v) is 10.4. The Bertz CT molecular complexity index is 1330. The molecule has 2 aromatic carbocycles. The first kappa shape index (κ1) is 18.3. The van der Waals surface area contributed by atoms with Gasteiger partial charge in [-0.15, -0.1) is 0 Å². The Balaban J connectivity index is 1.61. The number of anilines is 2. The van der Waals surface area contributed by atoms with E-state index in [4.69, 9.17) is 4.74 Å². The standard InChI is InChI=1S/C23H19N5OS/c1-14-4-3-5-15(10-14)16-6-7-19(29-2)18(11-16)26-22-20-21(17-8-9-30-12-17)27-28-23(20)25-13-24-22/h3-13H,1-2H3,(H2,24,25,26,27,28). The Morgan fingerprint density at radius 3 is 2.70 bits per heavy atom. The van der Waals surface area contributed by atoms with E-state index in [1.165, 1.54) is 11.9 Å². The van der Waals surface area contributed by atoms with Crippen LogP contribution < -0.4 is 10.1 Å². The van der Waals surface area contributed by atoms with Crippen molar-refractivity contribution >= 4 is 33.9 Å². The highest BCUT2D eigenvalue weighted by Gasteiger charge is 2.16. The smallest absolute Gasteiger partial charge is 0.186 e. The van der Waals surface area contributed by atoms with Gasteiger partial charge in [-0.25, -0.2) is 9.97 Å². The molecule has 148 valence electrons. The summed E-state index contributed by atoms with van der Waals surface area (Å²) in [5.41, 5.74) is 6.85. The van der Waals surface area contributed by atoms with Crippen LogP contribution in [-0.4, -0.2) is 27.3 Å². The predicted octanol–water partition coefficient (Wildman–Crippen LogP) is 5.81. The number of aromatic nitrogens is 4. The van der Waals surface area contributed by atoms with E-state index in [-0.39, 0.29) is 0 Å². The zero-order valence-electron chi connectivity index (χ0n) is 16.5. The van der Waals surface area contributed by atoms with Crippen molar-refractivity contribution in [3.63, 3.8) is 0 Å². The van der Waals surface area contributed by atoms with Crippen LogP contribution in [0.2, 0.25) is 0 Å². The van der Waals surface area contributed by atoms with Crippen LogP contribution in [0.1, 0.15) is 5.56 Å². The molecule has 0 saturated carbocycles. The Kier molecular flexibility index (Phi) is 4.65. The molecule has 0 fully saturated rings. The Hall–Kier alpha value is -3.71. The molecule has 3 heterocycles. The van der Waals surface area contributed by atoms with Gasteiger partial charge in [0.25, 0.3) is 0 Å². The number of thiophene rings is 1. The van der Waals surface area contributed by atoms with E-state index < -0.39 is 0 Å². The predicted molar refractivity (Wildman–Crippen MR) is 121 cm³/mol. The summed E-state index contributed by atoms with van der Waals surface area (Å²) in [4.78, 5) is 8.81. The molecule has 0 amide bonds. The van der Waals surface area contributed by atoms with Crippen LogP contribution in [0, 0.1) is 6.92 Å². The molecular formula is C23H19N5OS. The second-order valence-corrected chi connectivity index (χ2v) is 7.72. The highest BCUT2D eigenvalue weighted by atomic mass is 32.1. The molecule has 0 radical (unpaired) electrons. The van der Waals surface area contributed by atoms with Crippen LogP contribution in [0.15, 0.2) is 65.6 Å². The zero-order valence-corrected chi connectivity index (χ0v) is 17.3. The molecule has 0 aliphatic heterocycles. The molecule has 0 atom stereocenters. The second kappa shape index (κ2) is 7.61. The van der Waals surface area contributed by atoms with E-state index in [1.807, 2.05) is 17.5 Å². The van der Waals surface area contributed by atoms with Crippen molar-refractivity contribution in [3.8, 4) is 28.1 Å². The van der Waals surface area contributed by atoms with Gasteiger partial charge in [-0.1, -0.05) is 35.9 Å². The Morgan fingerprint density at radius 2 is 1.90 bits per heavy atom. The summed E-state index contributed by atoms with van der Waals surface area (Å²) >= 11 is 1.63. The lowest BCUT2D eigenvalue weighted by molar-refractivity contribution is 0.417. The van der Waals surface area contributed by atoms with Gasteiger partial charge >= 0.3 is 0 Å². The number of H-pyrrole nitrogens is 1. The highest BCUT2D eigenvalue weighted by molar-refractivity contribution is 7.08.